The second-order valence-electron chi connectivity index (χ2n) is 10.6. The number of primary amides is 1. The van der Waals surface area contributed by atoms with Gasteiger partial charge in [0, 0.05) is 36.3 Å². The van der Waals surface area contributed by atoms with Crippen molar-refractivity contribution in [2.45, 2.75) is 61.9 Å². The van der Waals surface area contributed by atoms with Crippen molar-refractivity contribution in [2.75, 3.05) is 26.2 Å². The zero-order chi connectivity index (χ0) is 31.9. The number of aliphatic hydroxyl groups is 2. The predicted molar refractivity (Wildman–Crippen MR) is 144 cm³/mol. The minimum Gasteiger partial charge on any atom is -0.475 e. The fourth-order valence-corrected chi connectivity index (χ4v) is 5.66. The van der Waals surface area contributed by atoms with Gasteiger partial charge >= 0.3 is 12.1 Å². The Morgan fingerprint density at radius 3 is 2.07 bits per heavy atom. The monoisotopic (exact) mass is 615 g/mol. The highest BCUT2D eigenvalue weighted by molar-refractivity contribution is 5.92. The maximum atomic E-state index is 15.0. The molecule has 0 aliphatic carbocycles. The summed E-state index contributed by atoms with van der Waals surface area (Å²) in [6.45, 7) is -1.28. The summed E-state index contributed by atoms with van der Waals surface area (Å²) in [6, 6.07) is 15.2. The van der Waals surface area contributed by atoms with E-state index in [0.717, 1.165) is 36.1 Å². The third-order valence-electron chi connectivity index (χ3n) is 7.75. The van der Waals surface area contributed by atoms with Gasteiger partial charge in [-0.25, -0.2) is 4.79 Å². The van der Waals surface area contributed by atoms with Crippen LogP contribution >= 0.6 is 0 Å². The standard InChI is InChI=1S/C27H33F2N3O4.C2HF3O2/c28-27(29,21-7-2-1-3-8-21)17-31(26(36)24(34)16-33)11-12-32-22-9-10-23(32)15-20(14-22)18-5-4-6-19(13-18)25(30)35;3-2(4,5)1(6)7/h1-8,13,20,22-24,33-34H,9-12,14-17H2,(H2,30,35);(H,6,7)/t20?,22-,23+,24-;/m0./s1. The Bertz CT molecular complexity index is 1250. The van der Waals surface area contributed by atoms with Gasteiger partial charge in [0.2, 0.25) is 5.91 Å². The van der Waals surface area contributed by atoms with Gasteiger partial charge in [-0.3, -0.25) is 14.5 Å². The maximum absolute atomic E-state index is 15.0. The second kappa shape index (κ2) is 14.2. The van der Waals surface area contributed by atoms with E-state index < -0.39 is 49.1 Å². The van der Waals surface area contributed by atoms with Crippen LogP contribution in [0.1, 0.15) is 53.1 Å². The van der Waals surface area contributed by atoms with Crippen molar-refractivity contribution in [3.63, 3.8) is 0 Å². The minimum absolute atomic E-state index is 0.0210. The Kier molecular flexibility index (Phi) is 11.2. The molecule has 236 valence electrons. The Morgan fingerprint density at radius 2 is 1.56 bits per heavy atom. The van der Waals surface area contributed by atoms with E-state index in [0.29, 0.717) is 12.1 Å². The number of nitrogens with two attached hydrogens (primary N) is 1. The van der Waals surface area contributed by atoms with E-state index in [1.807, 2.05) is 18.2 Å². The first-order valence-corrected chi connectivity index (χ1v) is 13.6. The molecule has 4 rings (SSSR count). The molecular weight excluding hydrogens is 581 g/mol. The highest BCUT2D eigenvalue weighted by Gasteiger charge is 2.42. The molecule has 0 aromatic heterocycles. The maximum Gasteiger partial charge on any atom is 0.490 e. The van der Waals surface area contributed by atoms with Crippen LogP contribution in [0.3, 0.4) is 0 Å². The zero-order valence-corrected chi connectivity index (χ0v) is 23.1. The lowest BCUT2D eigenvalue weighted by atomic mass is 9.84. The van der Waals surface area contributed by atoms with Crippen molar-refractivity contribution in [3.05, 3.63) is 71.3 Å². The van der Waals surface area contributed by atoms with Crippen LogP contribution in [0, 0.1) is 0 Å². The van der Waals surface area contributed by atoms with Crippen molar-refractivity contribution >= 4 is 17.8 Å². The molecule has 4 atom stereocenters. The molecule has 14 heteroatoms. The summed E-state index contributed by atoms with van der Waals surface area (Å²) >= 11 is 0. The van der Waals surface area contributed by atoms with Crippen LogP contribution in [-0.4, -0.2) is 93.5 Å². The molecule has 0 saturated carbocycles. The number of aliphatic hydroxyl groups excluding tert-OH is 2. The number of carboxylic acids is 1. The van der Waals surface area contributed by atoms with Crippen LogP contribution in [0.4, 0.5) is 22.0 Å². The van der Waals surface area contributed by atoms with Gasteiger partial charge in [0.05, 0.1) is 13.2 Å². The Hall–Kier alpha value is -3.62. The number of alkyl halides is 5. The number of halogens is 5. The van der Waals surface area contributed by atoms with Crippen molar-refractivity contribution in [1.29, 1.82) is 0 Å². The molecule has 1 unspecified atom stereocenters. The number of rotatable bonds is 10. The van der Waals surface area contributed by atoms with Crippen LogP contribution in [0.25, 0.3) is 0 Å². The third kappa shape index (κ3) is 8.94. The molecule has 0 radical (unpaired) electrons. The topological polar surface area (TPSA) is 144 Å². The van der Waals surface area contributed by atoms with Gasteiger partial charge in [0.1, 0.15) is 0 Å². The summed E-state index contributed by atoms with van der Waals surface area (Å²) in [5.74, 6) is -7.15. The number of carboxylic acid groups (broad SMARTS) is 1. The fraction of sp³-hybridized carbons (Fsp3) is 0.483. The van der Waals surface area contributed by atoms with Crippen molar-refractivity contribution in [1.82, 2.24) is 9.80 Å². The van der Waals surface area contributed by atoms with Crippen LogP contribution in [0.5, 0.6) is 0 Å². The highest BCUT2D eigenvalue weighted by atomic mass is 19.4. The fourth-order valence-electron chi connectivity index (χ4n) is 5.66. The summed E-state index contributed by atoms with van der Waals surface area (Å²) < 4.78 is 61.8. The summed E-state index contributed by atoms with van der Waals surface area (Å²) in [7, 11) is 0. The van der Waals surface area contributed by atoms with Crippen molar-refractivity contribution in [2.24, 2.45) is 5.73 Å². The highest BCUT2D eigenvalue weighted by Crippen LogP contribution is 2.43. The molecule has 2 heterocycles. The molecule has 2 saturated heterocycles. The summed E-state index contributed by atoms with van der Waals surface area (Å²) in [5, 5.41) is 26.3. The van der Waals surface area contributed by atoms with Crippen molar-refractivity contribution in [3.8, 4) is 0 Å². The van der Waals surface area contributed by atoms with Crippen LogP contribution in [0.2, 0.25) is 0 Å². The average molecular weight is 616 g/mol. The number of fused-ring (bicyclic) bond motifs is 2. The lowest BCUT2D eigenvalue weighted by molar-refractivity contribution is -0.192. The second-order valence-corrected chi connectivity index (χ2v) is 10.6. The smallest absolute Gasteiger partial charge is 0.475 e. The number of hydrogen-bond acceptors (Lipinski definition) is 6. The van der Waals surface area contributed by atoms with Gasteiger partial charge in [-0.05, 0) is 49.3 Å². The number of hydrogen-bond donors (Lipinski definition) is 4. The Labute approximate surface area is 244 Å². The van der Waals surface area contributed by atoms with E-state index in [1.165, 1.54) is 24.3 Å². The normalized spacial score (nSPS) is 21.0. The molecule has 2 amide bonds. The van der Waals surface area contributed by atoms with Crippen LogP contribution in [-0.2, 0) is 15.5 Å². The first-order chi connectivity index (χ1) is 20.1. The molecular formula is C29H34F5N3O6. The SMILES string of the molecule is NC(=O)c1cccc(C2C[C@H]3CC[C@@H](C2)N3CCN(CC(F)(F)c2ccccc2)C(=O)[C@@H](O)CO)c1.O=C(O)C(F)(F)F. The van der Waals surface area contributed by atoms with E-state index in [4.69, 9.17) is 15.6 Å². The number of piperidine rings is 1. The van der Waals surface area contributed by atoms with Gasteiger partial charge < -0.3 is 26.0 Å². The van der Waals surface area contributed by atoms with E-state index in [-0.39, 0.29) is 30.1 Å². The largest absolute Gasteiger partial charge is 0.490 e. The molecule has 0 spiro atoms. The van der Waals surface area contributed by atoms with Gasteiger partial charge in [0.15, 0.2) is 6.10 Å². The molecule has 2 aromatic carbocycles. The zero-order valence-electron chi connectivity index (χ0n) is 23.1. The van der Waals surface area contributed by atoms with Gasteiger partial charge in [-0.2, -0.15) is 22.0 Å². The molecule has 2 bridgehead atoms. The number of aliphatic carboxylic acids is 1. The van der Waals surface area contributed by atoms with Gasteiger partial charge in [-0.1, -0.05) is 42.5 Å². The Balaban J connectivity index is 0.000000646. The molecule has 2 aliphatic heterocycles. The molecule has 2 fully saturated rings. The van der Waals surface area contributed by atoms with E-state index in [2.05, 4.69) is 4.90 Å². The number of carbonyl (C=O) groups excluding carboxylic acids is 2. The minimum atomic E-state index is -5.08. The van der Waals surface area contributed by atoms with Crippen molar-refractivity contribution < 1.29 is 51.7 Å². The lowest BCUT2D eigenvalue weighted by Gasteiger charge is -2.40. The lowest BCUT2D eigenvalue weighted by Crippen LogP contribution is -2.51. The quantitative estimate of drug-likeness (QED) is 0.301. The van der Waals surface area contributed by atoms with Gasteiger partial charge in [0.25, 0.3) is 11.8 Å². The van der Waals surface area contributed by atoms with Crippen LogP contribution < -0.4 is 5.73 Å². The van der Waals surface area contributed by atoms with Gasteiger partial charge in [-0.15, -0.1) is 0 Å². The molecule has 9 nitrogen and oxygen atoms in total. The number of carbonyl (C=O) groups is 3. The van der Waals surface area contributed by atoms with E-state index >= 15 is 8.78 Å². The van der Waals surface area contributed by atoms with E-state index in [1.54, 1.807) is 12.1 Å². The first kappa shape index (κ1) is 33.9. The number of amides is 2. The predicted octanol–water partition coefficient (Wildman–Crippen LogP) is 3.10. The number of benzene rings is 2. The third-order valence-corrected chi connectivity index (χ3v) is 7.75. The average Bonchev–Trinajstić information content (AvgIpc) is 3.20. The summed E-state index contributed by atoms with van der Waals surface area (Å²) in [4.78, 5) is 36.4. The number of nitrogens with zero attached hydrogens (tertiary/aromatic N) is 2. The van der Waals surface area contributed by atoms with E-state index in [9.17, 15) is 33.0 Å². The summed E-state index contributed by atoms with van der Waals surface area (Å²) in [5.41, 5.74) is 6.79. The first-order valence-electron chi connectivity index (χ1n) is 13.6. The molecule has 2 aromatic rings. The van der Waals surface area contributed by atoms with Crippen LogP contribution in [0.15, 0.2) is 54.6 Å². The molecule has 5 N–H and O–H groups in total. The molecule has 2 aliphatic rings. The summed E-state index contributed by atoms with van der Waals surface area (Å²) in [6.07, 6.45) is -3.14. The Morgan fingerprint density at radius 1 is 0.977 bits per heavy atom. The molecule has 43 heavy (non-hydrogen) atoms.